The maximum atomic E-state index is 2.57. The van der Waals surface area contributed by atoms with E-state index in [-0.39, 0.29) is 17.0 Å². The van der Waals surface area contributed by atoms with Gasteiger partial charge < -0.3 is 9.80 Å². The highest BCUT2D eigenvalue weighted by Crippen LogP contribution is 2.53. The third kappa shape index (κ3) is 5.53. The summed E-state index contributed by atoms with van der Waals surface area (Å²) in [6.07, 6.45) is 23.2. The molecule has 2 nitrogen and oxygen atoms in total. The summed E-state index contributed by atoms with van der Waals surface area (Å²) in [4.78, 5) is 5.09. The van der Waals surface area contributed by atoms with Gasteiger partial charge in [-0.15, -0.1) is 0 Å². The first-order chi connectivity index (χ1) is 26.8. The van der Waals surface area contributed by atoms with E-state index >= 15 is 0 Å². The third-order valence-corrected chi connectivity index (χ3v) is 12.9. The van der Waals surface area contributed by atoms with E-state index < -0.39 is 0 Å². The van der Waals surface area contributed by atoms with Crippen molar-refractivity contribution < 1.29 is 0 Å². The smallest absolute Gasteiger partial charge is 0.0643 e. The molecule has 0 N–H and O–H groups in total. The number of nitrogens with zero attached hydrogens (tertiary/aromatic N) is 2. The Hall–Kier alpha value is -5.86. The summed E-state index contributed by atoms with van der Waals surface area (Å²) in [5.74, 6) is 0.886. The van der Waals surface area contributed by atoms with Crippen LogP contribution in [0.5, 0.6) is 0 Å². The molecule has 2 heteroatoms. The summed E-state index contributed by atoms with van der Waals surface area (Å²) < 4.78 is 0. The predicted molar refractivity (Wildman–Crippen MR) is 233 cm³/mol. The second kappa shape index (κ2) is 12.9. The maximum absolute atomic E-state index is 2.57. The topological polar surface area (TPSA) is 6.48 Å². The summed E-state index contributed by atoms with van der Waals surface area (Å²) in [7, 11) is 0. The first-order valence-corrected chi connectivity index (χ1v) is 20.0. The number of para-hydroxylation sites is 1. The highest BCUT2D eigenvalue weighted by Gasteiger charge is 2.41. The summed E-state index contributed by atoms with van der Waals surface area (Å²) in [5.41, 5.74) is 17.1. The minimum Gasteiger partial charge on any atom is -0.333 e. The molecule has 0 saturated heterocycles. The Labute approximate surface area is 326 Å². The lowest BCUT2D eigenvalue weighted by molar-refractivity contribution is 0.570. The number of fused-ring (bicyclic) bond motifs is 5. The van der Waals surface area contributed by atoms with Crippen molar-refractivity contribution in [3.63, 3.8) is 0 Å². The Morgan fingerprint density at radius 3 is 2.16 bits per heavy atom. The molecule has 0 radical (unpaired) electrons. The molecule has 0 saturated carbocycles. The molecule has 10 rings (SSSR count). The van der Waals surface area contributed by atoms with Gasteiger partial charge >= 0.3 is 0 Å². The van der Waals surface area contributed by atoms with Gasteiger partial charge in [-0.1, -0.05) is 148 Å². The Kier molecular flexibility index (Phi) is 7.89. The molecular formula is C53H48N2. The van der Waals surface area contributed by atoms with Crippen molar-refractivity contribution in [1.82, 2.24) is 0 Å². The number of hydrogen-bond acceptors (Lipinski definition) is 2. The molecule has 1 aliphatic heterocycles. The van der Waals surface area contributed by atoms with E-state index in [1.54, 1.807) is 0 Å². The van der Waals surface area contributed by atoms with Gasteiger partial charge in [-0.3, -0.25) is 0 Å². The van der Waals surface area contributed by atoms with Crippen LogP contribution in [0.4, 0.5) is 22.7 Å². The standard InChI is InChI=1S/C53H48N2/c1-36-19-27-48-46(33-36)44-26-25-43(35-49(44)52(48,2)3)55(42-15-9-6-10-16-42)53(4)31-29-39(30-32-53)40-22-28-51-47(34-40)45-17-11-12-18-50(45)54(51)41-23-20-38(21-24-41)37-13-7-5-8-14-37/h5-31,34-36,45,50H,32-33H2,1-4H3/t36-,45?,50?,53?/m1/s1. The molecule has 0 bridgehead atoms. The van der Waals surface area contributed by atoms with Crippen molar-refractivity contribution >= 4 is 33.9 Å². The highest BCUT2D eigenvalue weighted by atomic mass is 15.2. The molecule has 0 spiro atoms. The molecule has 270 valence electrons. The van der Waals surface area contributed by atoms with E-state index in [1.807, 2.05) is 0 Å². The molecule has 4 atom stereocenters. The van der Waals surface area contributed by atoms with E-state index in [1.165, 1.54) is 72.8 Å². The fourth-order valence-electron chi connectivity index (χ4n) is 9.98. The summed E-state index contributed by atoms with van der Waals surface area (Å²) >= 11 is 0. The first kappa shape index (κ1) is 33.7. The van der Waals surface area contributed by atoms with Crippen molar-refractivity contribution in [3.8, 4) is 11.1 Å². The van der Waals surface area contributed by atoms with Crippen LogP contribution in [0, 0.1) is 5.92 Å². The maximum Gasteiger partial charge on any atom is 0.0643 e. The fraction of sp³-hybridized carbons (Fsp3) is 0.208. The number of benzene rings is 5. The van der Waals surface area contributed by atoms with Gasteiger partial charge in [0.2, 0.25) is 0 Å². The van der Waals surface area contributed by atoms with Gasteiger partial charge in [0.25, 0.3) is 0 Å². The zero-order chi connectivity index (χ0) is 37.3. The van der Waals surface area contributed by atoms with Gasteiger partial charge in [0.05, 0.1) is 11.6 Å². The molecule has 5 aliphatic rings. The normalized spacial score (nSPS) is 24.0. The Morgan fingerprint density at radius 1 is 0.673 bits per heavy atom. The van der Waals surface area contributed by atoms with Gasteiger partial charge in [0.1, 0.15) is 0 Å². The van der Waals surface area contributed by atoms with E-state index in [0.717, 1.165) is 12.8 Å². The van der Waals surface area contributed by atoms with Gasteiger partial charge in [-0.05, 0) is 124 Å². The second-order valence-corrected chi connectivity index (χ2v) is 16.9. The first-order valence-electron chi connectivity index (χ1n) is 20.0. The summed E-state index contributed by atoms with van der Waals surface area (Å²) in [5, 5.41) is 0. The molecule has 0 aromatic heterocycles. The van der Waals surface area contributed by atoms with E-state index in [2.05, 4.69) is 214 Å². The largest absolute Gasteiger partial charge is 0.333 e. The highest BCUT2D eigenvalue weighted by molar-refractivity contribution is 5.87. The molecule has 4 aliphatic carbocycles. The lowest BCUT2D eigenvalue weighted by Crippen LogP contribution is -2.42. The zero-order valence-corrected chi connectivity index (χ0v) is 32.3. The van der Waals surface area contributed by atoms with Crippen molar-refractivity contribution in [2.24, 2.45) is 5.92 Å². The molecule has 55 heavy (non-hydrogen) atoms. The molecule has 5 aromatic carbocycles. The van der Waals surface area contributed by atoms with Crippen LogP contribution < -0.4 is 9.80 Å². The Morgan fingerprint density at radius 2 is 1.40 bits per heavy atom. The fourth-order valence-corrected chi connectivity index (χ4v) is 9.98. The predicted octanol–water partition coefficient (Wildman–Crippen LogP) is 13.7. The van der Waals surface area contributed by atoms with E-state index in [0.29, 0.717) is 11.8 Å². The molecule has 0 amide bonds. The summed E-state index contributed by atoms with van der Waals surface area (Å²) in [6.45, 7) is 9.53. The van der Waals surface area contributed by atoms with Crippen LogP contribution >= 0.6 is 0 Å². The monoisotopic (exact) mass is 712 g/mol. The SMILES string of the molecule is C[C@@H]1C=CC2=C(C1)c1ccc(N(c3ccccc3)C3(C)C=CC(c4ccc5c(c4)C4C=CC=CC4N5c4ccc(-c5ccccc5)cc4)=CC3)cc1C2(C)C. The van der Waals surface area contributed by atoms with Crippen molar-refractivity contribution in [3.05, 3.63) is 204 Å². The lowest BCUT2D eigenvalue weighted by atomic mass is 9.79. The quantitative estimate of drug-likeness (QED) is 0.173. The average Bonchev–Trinajstić information content (AvgIpc) is 3.66. The third-order valence-electron chi connectivity index (χ3n) is 12.9. The molecule has 1 heterocycles. The molecular weight excluding hydrogens is 665 g/mol. The van der Waals surface area contributed by atoms with Crippen LogP contribution in [0.25, 0.3) is 22.3 Å². The molecule has 3 unspecified atom stereocenters. The van der Waals surface area contributed by atoms with Gasteiger partial charge in [0.15, 0.2) is 0 Å². The van der Waals surface area contributed by atoms with Crippen LogP contribution in [0.2, 0.25) is 0 Å². The molecule has 5 aromatic rings. The zero-order valence-electron chi connectivity index (χ0n) is 32.3. The second-order valence-electron chi connectivity index (χ2n) is 16.9. The van der Waals surface area contributed by atoms with E-state index in [9.17, 15) is 0 Å². The van der Waals surface area contributed by atoms with Gasteiger partial charge in [-0.25, -0.2) is 0 Å². The van der Waals surface area contributed by atoms with Crippen molar-refractivity contribution in [1.29, 1.82) is 0 Å². The number of hydrogen-bond donors (Lipinski definition) is 0. The minimum absolute atomic E-state index is 0.0207. The van der Waals surface area contributed by atoms with Crippen LogP contribution in [-0.2, 0) is 5.41 Å². The summed E-state index contributed by atoms with van der Waals surface area (Å²) in [6, 6.07) is 45.3. The van der Waals surface area contributed by atoms with Crippen molar-refractivity contribution in [2.45, 2.75) is 63.5 Å². The van der Waals surface area contributed by atoms with Crippen LogP contribution in [0.3, 0.4) is 0 Å². The average molecular weight is 713 g/mol. The van der Waals surface area contributed by atoms with Crippen LogP contribution in [0.15, 0.2) is 182 Å². The molecule has 0 fully saturated rings. The van der Waals surface area contributed by atoms with Crippen LogP contribution in [-0.4, -0.2) is 11.6 Å². The van der Waals surface area contributed by atoms with Gasteiger partial charge in [-0.2, -0.15) is 0 Å². The van der Waals surface area contributed by atoms with Crippen LogP contribution in [0.1, 0.15) is 68.7 Å². The Bertz CT molecular complexity index is 2490. The number of rotatable bonds is 6. The van der Waals surface area contributed by atoms with Gasteiger partial charge in [0, 0.05) is 34.1 Å². The van der Waals surface area contributed by atoms with E-state index in [4.69, 9.17) is 0 Å². The lowest BCUT2D eigenvalue weighted by Gasteiger charge is -2.43. The Balaban J connectivity index is 0.965. The minimum atomic E-state index is -0.245. The van der Waals surface area contributed by atoms with Crippen molar-refractivity contribution in [2.75, 3.05) is 9.80 Å². The number of anilines is 4. The number of allylic oxidation sites excluding steroid dienone is 8.